The number of halogens is 2. The highest BCUT2D eigenvalue weighted by Gasteiger charge is 2.11. The molecule has 0 bridgehead atoms. The molecule has 2 aromatic carbocycles. The molecule has 0 unspecified atom stereocenters. The second kappa shape index (κ2) is 7.31. The third-order valence-corrected chi connectivity index (χ3v) is 4.73. The van der Waals surface area contributed by atoms with Crippen molar-refractivity contribution in [2.75, 3.05) is 0 Å². The van der Waals surface area contributed by atoms with Crippen molar-refractivity contribution >= 4 is 23.4 Å². The first-order chi connectivity index (χ1) is 12.7. The van der Waals surface area contributed by atoms with Crippen LogP contribution >= 0.6 is 23.4 Å². The molecule has 0 saturated carbocycles. The molecule has 4 rings (SSSR count). The molecule has 5 nitrogen and oxygen atoms in total. The molecule has 0 aliphatic rings. The Morgan fingerprint density at radius 3 is 2.54 bits per heavy atom. The normalized spacial score (nSPS) is 11.0. The van der Waals surface area contributed by atoms with E-state index in [0.29, 0.717) is 22.5 Å². The molecule has 130 valence electrons. The molecule has 26 heavy (non-hydrogen) atoms. The number of aromatic nitrogens is 4. The number of imidazole rings is 1. The van der Waals surface area contributed by atoms with Crippen LogP contribution in [0.25, 0.3) is 22.6 Å². The van der Waals surface area contributed by atoms with E-state index in [2.05, 4.69) is 20.1 Å². The maximum absolute atomic E-state index is 13.0. The highest BCUT2D eigenvalue weighted by molar-refractivity contribution is 7.98. The summed E-state index contributed by atoms with van der Waals surface area (Å²) in [6.45, 7) is 0. The van der Waals surface area contributed by atoms with Gasteiger partial charge in [-0.25, -0.2) is 9.37 Å². The van der Waals surface area contributed by atoms with Crippen LogP contribution in [0.2, 0.25) is 5.02 Å². The molecule has 4 aromatic rings. The molecular weight excluding hydrogens is 375 g/mol. The van der Waals surface area contributed by atoms with Gasteiger partial charge < -0.3 is 9.51 Å². The second-order valence-corrected chi connectivity index (χ2v) is 6.82. The van der Waals surface area contributed by atoms with Gasteiger partial charge in [0.05, 0.1) is 17.6 Å². The summed E-state index contributed by atoms with van der Waals surface area (Å²) in [6, 6.07) is 13.5. The van der Waals surface area contributed by atoms with Gasteiger partial charge in [0.15, 0.2) is 5.16 Å². The van der Waals surface area contributed by atoms with E-state index in [1.54, 1.807) is 30.5 Å². The van der Waals surface area contributed by atoms with E-state index in [1.165, 1.54) is 23.9 Å². The van der Waals surface area contributed by atoms with Crippen molar-refractivity contribution in [1.29, 1.82) is 0 Å². The Kier molecular flexibility index (Phi) is 4.73. The topological polar surface area (TPSA) is 67.6 Å². The molecule has 2 aromatic heterocycles. The quantitative estimate of drug-likeness (QED) is 0.477. The van der Waals surface area contributed by atoms with Gasteiger partial charge in [-0.1, -0.05) is 28.5 Å². The van der Waals surface area contributed by atoms with Crippen molar-refractivity contribution in [3.8, 4) is 22.6 Å². The largest absolute Gasteiger partial charge is 0.338 e. The Labute approximate surface area is 157 Å². The smallest absolute Gasteiger partial charge is 0.237 e. The van der Waals surface area contributed by atoms with E-state index in [0.717, 1.165) is 22.0 Å². The first-order valence-electron chi connectivity index (χ1n) is 7.70. The first kappa shape index (κ1) is 16.8. The monoisotopic (exact) mass is 386 g/mol. The van der Waals surface area contributed by atoms with Crippen LogP contribution < -0.4 is 0 Å². The SMILES string of the molecule is Fc1ccc(-c2cnc(SCc3nc(-c4ccc(Cl)cc4)no3)[nH]2)cc1. The number of thioether (sulfide) groups is 1. The van der Waals surface area contributed by atoms with Gasteiger partial charge in [0, 0.05) is 10.6 Å². The molecule has 0 amide bonds. The van der Waals surface area contributed by atoms with Crippen LogP contribution in [0, 0.1) is 5.82 Å². The molecule has 0 fully saturated rings. The average molecular weight is 387 g/mol. The zero-order valence-electron chi connectivity index (χ0n) is 13.3. The van der Waals surface area contributed by atoms with Crippen molar-refractivity contribution in [3.05, 3.63) is 71.5 Å². The minimum absolute atomic E-state index is 0.268. The fraction of sp³-hybridized carbons (Fsp3) is 0.0556. The van der Waals surface area contributed by atoms with Gasteiger partial charge in [-0.2, -0.15) is 4.98 Å². The van der Waals surface area contributed by atoms with Crippen molar-refractivity contribution in [1.82, 2.24) is 20.1 Å². The predicted octanol–water partition coefficient (Wildman–Crippen LogP) is 5.21. The Morgan fingerprint density at radius 1 is 1.04 bits per heavy atom. The molecule has 1 N–H and O–H groups in total. The Morgan fingerprint density at radius 2 is 1.77 bits per heavy atom. The molecule has 0 spiro atoms. The summed E-state index contributed by atoms with van der Waals surface area (Å²) < 4.78 is 18.3. The van der Waals surface area contributed by atoms with E-state index in [-0.39, 0.29) is 5.82 Å². The molecule has 0 atom stereocenters. The number of benzene rings is 2. The van der Waals surface area contributed by atoms with Crippen molar-refractivity contribution in [2.24, 2.45) is 0 Å². The lowest BCUT2D eigenvalue weighted by molar-refractivity contribution is 0.391. The van der Waals surface area contributed by atoms with Crippen molar-refractivity contribution in [3.63, 3.8) is 0 Å². The summed E-state index contributed by atoms with van der Waals surface area (Å²) in [4.78, 5) is 11.9. The highest BCUT2D eigenvalue weighted by atomic mass is 35.5. The van der Waals surface area contributed by atoms with Crippen molar-refractivity contribution < 1.29 is 8.91 Å². The van der Waals surface area contributed by atoms with Gasteiger partial charge in [0.2, 0.25) is 11.7 Å². The van der Waals surface area contributed by atoms with Crippen LogP contribution in [-0.2, 0) is 5.75 Å². The zero-order valence-corrected chi connectivity index (χ0v) is 14.9. The minimum Gasteiger partial charge on any atom is -0.338 e. The lowest BCUT2D eigenvalue weighted by Gasteiger charge is -1.97. The summed E-state index contributed by atoms with van der Waals surface area (Å²) in [7, 11) is 0. The molecule has 0 aliphatic heterocycles. The highest BCUT2D eigenvalue weighted by Crippen LogP contribution is 2.25. The van der Waals surface area contributed by atoms with Crippen LogP contribution in [0.5, 0.6) is 0 Å². The van der Waals surface area contributed by atoms with Crippen molar-refractivity contribution in [2.45, 2.75) is 10.9 Å². The van der Waals surface area contributed by atoms with Gasteiger partial charge in [-0.3, -0.25) is 0 Å². The molecular formula is C18H12ClFN4OS. The van der Waals surface area contributed by atoms with Crippen LogP contribution in [0.4, 0.5) is 4.39 Å². The van der Waals surface area contributed by atoms with E-state index in [1.807, 2.05) is 12.1 Å². The van der Waals surface area contributed by atoms with Gasteiger partial charge in [-0.05, 0) is 54.1 Å². The fourth-order valence-corrected chi connectivity index (χ4v) is 3.13. The molecule has 8 heteroatoms. The average Bonchev–Trinajstić information content (AvgIpc) is 3.31. The number of nitrogens with zero attached hydrogens (tertiary/aromatic N) is 3. The summed E-state index contributed by atoms with van der Waals surface area (Å²) in [5, 5.41) is 5.35. The number of rotatable bonds is 5. The van der Waals surface area contributed by atoms with Gasteiger partial charge in [0.1, 0.15) is 5.82 Å². The third kappa shape index (κ3) is 3.79. The maximum atomic E-state index is 13.0. The Bertz CT molecular complexity index is 931. The number of H-pyrrole nitrogens is 1. The number of aromatic amines is 1. The molecule has 2 heterocycles. The second-order valence-electron chi connectivity index (χ2n) is 5.42. The summed E-state index contributed by atoms with van der Waals surface area (Å²) in [5.41, 5.74) is 2.53. The van der Waals surface area contributed by atoms with E-state index in [9.17, 15) is 4.39 Å². The lowest BCUT2D eigenvalue weighted by Crippen LogP contribution is -1.84. The minimum atomic E-state index is -0.268. The third-order valence-electron chi connectivity index (χ3n) is 3.61. The first-order valence-corrected chi connectivity index (χ1v) is 9.06. The fourth-order valence-electron chi connectivity index (χ4n) is 2.31. The Hall–Kier alpha value is -2.64. The number of hydrogen-bond donors (Lipinski definition) is 1. The molecule has 0 saturated heterocycles. The van der Waals surface area contributed by atoms with Crippen LogP contribution in [0.3, 0.4) is 0 Å². The summed E-state index contributed by atoms with van der Waals surface area (Å²) >= 11 is 7.32. The molecule has 0 radical (unpaired) electrons. The summed E-state index contributed by atoms with van der Waals surface area (Å²) in [5.74, 6) is 1.23. The maximum Gasteiger partial charge on any atom is 0.237 e. The van der Waals surface area contributed by atoms with E-state index in [4.69, 9.17) is 16.1 Å². The predicted molar refractivity (Wildman–Crippen MR) is 98.3 cm³/mol. The van der Waals surface area contributed by atoms with Crippen LogP contribution in [0.15, 0.2) is 64.4 Å². The standard InChI is InChI=1S/C18H12ClFN4OS/c19-13-5-1-12(2-6-13)17-23-16(25-24-17)10-26-18-21-9-15(22-18)11-3-7-14(20)8-4-11/h1-9H,10H2,(H,21,22). The van der Waals surface area contributed by atoms with Crippen LogP contribution in [0.1, 0.15) is 5.89 Å². The van der Waals surface area contributed by atoms with E-state index < -0.39 is 0 Å². The van der Waals surface area contributed by atoms with E-state index >= 15 is 0 Å². The zero-order chi connectivity index (χ0) is 17.9. The molecule has 0 aliphatic carbocycles. The Balaban J connectivity index is 1.42. The number of nitrogens with one attached hydrogen (secondary N) is 1. The van der Waals surface area contributed by atoms with Gasteiger partial charge >= 0.3 is 0 Å². The number of hydrogen-bond acceptors (Lipinski definition) is 5. The summed E-state index contributed by atoms with van der Waals surface area (Å²) in [6.07, 6.45) is 1.71. The van der Waals surface area contributed by atoms with Crippen LogP contribution in [-0.4, -0.2) is 20.1 Å². The van der Waals surface area contributed by atoms with Gasteiger partial charge in [-0.15, -0.1) is 0 Å². The van der Waals surface area contributed by atoms with Gasteiger partial charge in [0.25, 0.3) is 0 Å². The lowest BCUT2D eigenvalue weighted by atomic mass is 10.2.